The standard InChI is InChI=1S/C15H18FNO4/c1-15(20-7-8-21-15)6-5-10-3-4-11(9-12(10)16)13(18)14(19)17-2/h3-4,9H,5-8H2,1-2H3,(H,17,19). The molecule has 1 aromatic carbocycles. The van der Waals surface area contributed by atoms with Crippen molar-refractivity contribution in [1.29, 1.82) is 0 Å². The van der Waals surface area contributed by atoms with Gasteiger partial charge in [0, 0.05) is 19.0 Å². The molecule has 0 radical (unpaired) electrons. The zero-order chi connectivity index (χ0) is 15.5. The molecule has 6 heteroatoms. The number of hydrogen-bond donors (Lipinski definition) is 1. The van der Waals surface area contributed by atoms with E-state index in [1.165, 1.54) is 19.2 Å². The molecule has 1 N–H and O–H groups in total. The van der Waals surface area contributed by atoms with Crippen LogP contribution in [0, 0.1) is 5.82 Å². The summed E-state index contributed by atoms with van der Waals surface area (Å²) in [6, 6.07) is 4.06. The minimum absolute atomic E-state index is 0.0372. The highest BCUT2D eigenvalue weighted by Gasteiger charge is 2.30. The largest absolute Gasteiger partial charge is 0.352 e. The van der Waals surface area contributed by atoms with Gasteiger partial charge in [-0.15, -0.1) is 0 Å². The van der Waals surface area contributed by atoms with Gasteiger partial charge in [-0.25, -0.2) is 4.39 Å². The number of aryl methyl sites for hydroxylation is 1. The highest BCUT2D eigenvalue weighted by molar-refractivity contribution is 6.42. The number of carbonyl (C=O) groups is 2. The van der Waals surface area contributed by atoms with E-state index in [2.05, 4.69) is 5.32 Å². The molecule has 0 unspecified atom stereocenters. The third kappa shape index (κ3) is 3.65. The Bertz CT molecular complexity index is 553. The second-order valence-electron chi connectivity index (χ2n) is 5.05. The topological polar surface area (TPSA) is 64.6 Å². The number of halogens is 1. The second-order valence-corrected chi connectivity index (χ2v) is 5.05. The third-order valence-electron chi connectivity index (χ3n) is 3.50. The molecule has 5 nitrogen and oxygen atoms in total. The summed E-state index contributed by atoms with van der Waals surface area (Å²) < 4.78 is 24.9. The summed E-state index contributed by atoms with van der Waals surface area (Å²) >= 11 is 0. The number of rotatable bonds is 5. The Morgan fingerprint density at radius 2 is 2.00 bits per heavy atom. The van der Waals surface area contributed by atoms with Crippen LogP contribution in [0.25, 0.3) is 0 Å². The van der Waals surface area contributed by atoms with Gasteiger partial charge in [0.2, 0.25) is 5.78 Å². The van der Waals surface area contributed by atoms with E-state index >= 15 is 0 Å². The van der Waals surface area contributed by atoms with E-state index in [1.807, 2.05) is 6.92 Å². The molecular formula is C15H18FNO4. The normalized spacial score (nSPS) is 16.7. The summed E-state index contributed by atoms with van der Waals surface area (Å²) in [5, 5.41) is 2.22. The van der Waals surface area contributed by atoms with Gasteiger partial charge in [0.15, 0.2) is 5.79 Å². The van der Waals surface area contributed by atoms with Crippen LogP contribution in [0.4, 0.5) is 4.39 Å². The van der Waals surface area contributed by atoms with Gasteiger partial charge >= 0.3 is 0 Å². The lowest BCUT2D eigenvalue weighted by Gasteiger charge is -2.22. The fourth-order valence-electron chi connectivity index (χ4n) is 2.20. The number of hydrogen-bond acceptors (Lipinski definition) is 4. The average molecular weight is 295 g/mol. The van der Waals surface area contributed by atoms with Crippen molar-refractivity contribution in [3.8, 4) is 0 Å². The maximum Gasteiger partial charge on any atom is 0.292 e. The van der Waals surface area contributed by atoms with Crippen molar-refractivity contribution in [3.63, 3.8) is 0 Å². The quantitative estimate of drug-likeness (QED) is 0.659. The first kappa shape index (κ1) is 15.6. The Balaban J connectivity index is 2.05. The lowest BCUT2D eigenvalue weighted by Crippen LogP contribution is -2.27. The van der Waals surface area contributed by atoms with Gasteiger partial charge in [0.25, 0.3) is 5.91 Å². The molecule has 0 aliphatic carbocycles. The minimum atomic E-state index is -0.762. The number of amides is 1. The van der Waals surface area contributed by atoms with Crippen molar-refractivity contribution >= 4 is 11.7 Å². The molecule has 1 aliphatic heterocycles. The molecule has 1 aromatic rings. The Kier molecular flexibility index (Phi) is 4.69. The van der Waals surface area contributed by atoms with E-state index in [1.54, 1.807) is 0 Å². The van der Waals surface area contributed by atoms with Gasteiger partial charge in [-0.3, -0.25) is 9.59 Å². The minimum Gasteiger partial charge on any atom is -0.352 e. The van der Waals surface area contributed by atoms with E-state index in [0.29, 0.717) is 31.6 Å². The Morgan fingerprint density at radius 1 is 1.33 bits per heavy atom. The smallest absolute Gasteiger partial charge is 0.292 e. The molecule has 21 heavy (non-hydrogen) atoms. The number of Topliss-reactive ketones (excluding diaryl/α,β-unsaturated/α-hetero) is 1. The van der Waals surface area contributed by atoms with Crippen LogP contribution in [-0.2, 0) is 20.7 Å². The molecule has 0 aromatic heterocycles. The first-order valence-electron chi connectivity index (χ1n) is 6.78. The van der Waals surface area contributed by atoms with Crippen LogP contribution in [0.5, 0.6) is 0 Å². The van der Waals surface area contributed by atoms with E-state index in [0.717, 1.165) is 6.07 Å². The molecule has 2 rings (SSSR count). The third-order valence-corrected chi connectivity index (χ3v) is 3.50. The zero-order valence-corrected chi connectivity index (χ0v) is 12.1. The van der Waals surface area contributed by atoms with Gasteiger partial charge < -0.3 is 14.8 Å². The van der Waals surface area contributed by atoms with E-state index in [9.17, 15) is 14.0 Å². The summed E-state index contributed by atoms with van der Waals surface area (Å²) in [6.07, 6.45) is 0.948. The van der Waals surface area contributed by atoms with Crippen molar-refractivity contribution in [3.05, 3.63) is 35.1 Å². The summed E-state index contributed by atoms with van der Waals surface area (Å²) in [5.74, 6) is -2.70. The molecule has 114 valence electrons. The Morgan fingerprint density at radius 3 is 2.57 bits per heavy atom. The van der Waals surface area contributed by atoms with Crippen LogP contribution < -0.4 is 5.32 Å². The van der Waals surface area contributed by atoms with Crippen molar-refractivity contribution in [2.45, 2.75) is 25.6 Å². The molecule has 0 saturated carbocycles. The van der Waals surface area contributed by atoms with Crippen LogP contribution >= 0.6 is 0 Å². The Labute approximate surface area is 122 Å². The van der Waals surface area contributed by atoms with Crippen LogP contribution in [0.1, 0.15) is 29.3 Å². The van der Waals surface area contributed by atoms with Crippen LogP contribution in [0.2, 0.25) is 0 Å². The van der Waals surface area contributed by atoms with E-state index < -0.39 is 23.3 Å². The summed E-state index contributed by atoms with van der Waals surface area (Å²) in [4.78, 5) is 22.9. The number of nitrogens with one attached hydrogen (secondary N) is 1. The highest BCUT2D eigenvalue weighted by atomic mass is 19.1. The number of ketones is 1. The maximum absolute atomic E-state index is 14.0. The molecule has 0 spiro atoms. The lowest BCUT2D eigenvalue weighted by atomic mass is 10.0. The summed E-state index contributed by atoms with van der Waals surface area (Å²) in [5.41, 5.74) is 0.499. The first-order valence-corrected chi connectivity index (χ1v) is 6.78. The van der Waals surface area contributed by atoms with Crippen molar-refractivity contribution in [2.75, 3.05) is 20.3 Å². The number of carbonyl (C=O) groups excluding carboxylic acids is 2. The predicted octanol–water partition coefficient (Wildman–Crippen LogP) is 1.45. The first-order chi connectivity index (χ1) is 9.95. The number of benzene rings is 1. The molecule has 1 saturated heterocycles. The SMILES string of the molecule is CNC(=O)C(=O)c1ccc(CCC2(C)OCCO2)c(F)c1. The van der Waals surface area contributed by atoms with Gasteiger partial charge in [-0.2, -0.15) is 0 Å². The zero-order valence-electron chi connectivity index (χ0n) is 12.1. The van der Waals surface area contributed by atoms with Crippen LogP contribution in [0.3, 0.4) is 0 Å². The average Bonchev–Trinajstić information content (AvgIpc) is 2.91. The van der Waals surface area contributed by atoms with Gasteiger partial charge in [-0.1, -0.05) is 12.1 Å². The molecular weight excluding hydrogens is 277 g/mol. The molecule has 0 atom stereocenters. The van der Waals surface area contributed by atoms with Gasteiger partial charge in [-0.05, 0) is 25.0 Å². The monoisotopic (exact) mass is 295 g/mol. The fourth-order valence-corrected chi connectivity index (χ4v) is 2.20. The predicted molar refractivity (Wildman–Crippen MR) is 73.4 cm³/mol. The fraction of sp³-hybridized carbons (Fsp3) is 0.467. The highest BCUT2D eigenvalue weighted by Crippen LogP contribution is 2.25. The molecule has 1 fully saturated rings. The summed E-state index contributed by atoms with van der Waals surface area (Å²) in [6.45, 7) is 2.90. The molecule has 0 bridgehead atoms. The molecule has 1 amide bonds. The number of ether oxygens (including phenoxy) is 2. The maximum atomic E-state index is 14.0. The summed E-state index contributed by atoms with van der Waals surface area (Å²) in [7, 11) is 1.35. The van der Waals surface area contributed by atoms with Gasteiger partial charge in [0.1, 0.15) is 5.82 Å². The van der Waals surface area contributed by atoms with Crippen LogP contribution in [-0.4, -0.2) is 37.7 Å². The van der Waals surface area contributed by atoms with E-state index in [-0.39, 0.29) is 5.56 Å². The second kappa shape index (κ2) is 6.32. The van der Waals surface area contributed by atoms with Crippen molar-refractivity contribution in [2.24, 2.45) is 0 Å². The molecule has 1 heterocycles. The Hall–Kier alpha value is -1.79. The molecule has 1 aliphatic rings. The number of likely N-dealkylation sites (N-methyl/N-ethyl adjacent to an activating group) is 1. The van der Waals surface area contributed by atoms with Gasteiger partial charge in [0.05, 0.1) is 13.2 Å². The van der Waals surface area contributed by atoms with Crippen molar-refractivity contribution < 1.29 is 23.5 Å². The lowest BCUT2D eigenvalue weighted by molar-refractivity contribution is -0.146. The van der Waals surface area contributed by atoms with Crippen LogP contribution in [0.15, 0.2) is 18.2 Å². The van der Waals surface area contributed by atoms with E-state index in [4.69, 9.17) is 9.47 Å². The van der Waals surface area contributed by atoms with Crippen molar-refractivity contribution in [1.82, 2.24) is 5.32 Å².